The van der Waals surface area contributed by atoms with Gasteiger partial charge in [-0.15, -0.1) is 0 Å². The van der Waals surface area contributed by atoms with Gasteiger partial charge in [0.2, 0.25) is 5.91 Å². The topological polar surface area (TPSA) is 46.3 Å². The minimum Gasteiger partial charge on any atom is -0.345 e. The van der Waals surface area contributed by atoms with E-state index in [1.54, 1.807) is 0 Å². The van der Waals surface area contributed by atoms with Gasteiger partial charge in [-0.1, -0.05) is 30.3 Å². The highest BCUT2D eigenvalue weighted by Crippen LogP contribution is 2.49. The van der Waals surface area contributed by atoms with Gasteiger partial charge in [-0.2, -0.15) is 0 Å². The van der Waals surface area contributed by atoms with Gasteiger partial charge in [0, 0.05) is 19.6 Å². The number of amides is 1. The average molecular weight is 246 g/mol. The van der Waals surface area contributed by atoms with Crippen molar-refractivity contribution in [2.24, 2.45) is 5.73 Å². The molecule has 2 N–H and O–H groups in total. The number of hydrogen-bond acceptors (Lipinski definition) is 2. The number of hydrogen-bond donors (Lipinski definition) is 1. The summed E-state index contributed by atoms with van der Waals surface area (Å²) in [5.74, 6) is 0.245. The Morgan fingerprint density at radius 2 is 2.00 bits per heavy atom. The summed E-state index contributed by atoms with van der Waals surface area (Å²) >= 11 is 0. The molecular formula is C15H22N2O. The van der Waals surface area contributed by atoms with Crippen molar-refractivity contribution in [3.05, 3.63) is 35.9 Å². The minimum atomic E-state index is -0.242. The fourth-order valence-corrected chi connectivity index (χ4v) is 2.37. The molecule has 1 aliphatic carbocycles. The highest BCUT2D eigenvalue weighted by atomic mass is 16.2. The van der Waals surface area contributed by atoms with Crippen LogP contribution < -0.4 is 5.73 Å². The number of nitrogens with zero attached hydrogens (tertiary/aromatic N) is 1. The normalized spacial score (nSPS) is 18.2. The molecule has 0 spiro atoms. The lowest BCUT2D eigenvalue weighted by atomic mass is 9.94. The Kier molecular flexibility index (Phi) is 3.71. The highest BCUT2D eigenvalue weighted by Gasteiger charge is 2.52. The number of rotatable bonds is 5. The first-order valence-electron chi connectivity index (χ1n) is 6.63. The number of nitrogens with two attached hydrogens (primary N) is 1. The minimum absolute atomic E-state index is 0.145. The van der Waals surface area contributed by atoms with Gasteiger partial charge < -0.3 is 10.6 Å². The molecule has 2 rings (SSSR count). The zero-order valence-corrected chi connectivity index (χ0v) is 11.2. The summed E-state index contributed by atoms with van der Waals surface area (Å²) in [7, 11) is 1.88. The van der Waals surface area contributed by atoms with Crippen LogP contribution in [0, 0.1) is 0 Å². The van der Waals surface area contributed by atoms with Crippen LogP contribution >= 0.6 is 0 Å². The zero-order valence-electron chi connectivity index (χ0n) is 11.2. The summed E-state index contributed by atoms with van der Waals surface area (Å²) in [4.78, 5) is 14.4. The van der Waals surface area contributed by atoms with Gasteiger partial charge in [-0.3, -0.25) is 4.79 Å². The molecule has 3 nitrogen and oxygen atoms in total. The predicted octanol–water partition coefficient (Wildman–Crippen LogP) is 1.91. The molecule has 0 aromatic heterocycles. The lowest BCUT2D eigenvalue weighted by molar-refractivity contribution is -0.132. The molecule has 0 bridgehead atoms. The molecule has 18 heavy (non-hydrogen) atoms. The summed E-state index contributed by atoms with van der Waals surface area (Å²) in [6.07, 6.45) is 2.80. The van der Waals surface area contributed by atoms with Gasteiger partial charge in [0.1, 0.15) is 0 Å². The summed E-state index contributed by atoms with van der Waals surface area (Å²) in [6.45, 7) is 2.72. The maximum atomic E-state index is 12.5. The molecule has 0 aliphatic heterocycles. The van der Waals surface area contributed by atoms with E-state index < -0.39 is 0 Å². The third kappa shape index (κ3) is 2.56. The van der Waals surface area contributed by atoms with Crippen LogP contribution in [0.1, 0.15) is 31.7 Å². The van der Waals surface area contributed by atoms with E-state index in [1.807, 2.05) is 37.1 Å². The molecule has 1 aromatic carbocycles. The smallest absolute Gasteiger partial charge is 0.232 e. The fraction of sp³-hybridized carbons (Fsp3) is 0.533. The van der Waals surface area contributed by atoms with Crippen molar-refractivity contribution in [2.45, 2.75) is 37.6 Å². The molecular weight excluding hydrogens is 224 g/mol. The van der Waals surface area contributed by atoms with Gasteiger partial charge in [0.25, 0.3) is 0 Å². The third-order valence-corrected chi connectivity index (χ3v) is 3.75. The van der Waals surface area contributed by atoms with E-state index in [4.69, 9.17) is 5.73 Å². The van der Waals surface area contributed by atoms with Crippen LogP contribution in [0.15, 0.2) is 30.3 Å². The van der Waals surface area contributed by atoms with Crippen molar-refractivity contribution in [1.29, 1.82) is 0 Å². The highest BCUT2D eigenvalue weighted by molar-refractivity contribution is 5.91. The van der Waals surface area contributed by atoms with E-state index in [2.05, 4.69) is 12.1 Å². The predicted molar refractivity (Wildman–Crippen MR) is 73.3 cm³/mol. The van der Waals surface area contributed by atoms with Gasteiger partial charge in [-0.25, -0.2) is 0 Å². The van der Waals surface area contributed by atoms with E-state index in [0.29, 0.717) is 0 Å². The molecule has 1 aromatic rings. The Morgan fingerprint density at radius 1 is 1.39 bits per heavy atom. The van der Waals surface area contributed by atoms with Crippen LogP contribution in [0.3, 0.4) is 0 Å². The lowest BCUT2D eigenvalue weighted by Gasteiger charge is -2.24. The Hall–Kier alpha value is -1.35. The SMILES string of the molecule is CC(N)CCN(C)C(=O)C1(c2ccccc2)CC1. The zero-order chi connectivity index (χ0) is 13.2. The van der Waals surface area contributed by atoms with Crippen molar-refractivity contribution < 1.29 is 4.79 Å². The number of benzene rings is 1. The second kappa shape index (κ2) is 5.11. The number of likely N-dealkylation sites (N-methyl/N-ethyl adjacent to an activating group) is 1. The second-order valence-corrected chi connectivity index (χ2v) is 5.44. The second-order valence-electron chi connectivity index (χ2n) is 5.44. The summed E-state index contributed by atoms with van der Waals surface area (Å²) in [6, 6.07) is 10.3. The monoisotopic (exact) mass is 246 g/mol. The maximum Gasteiger partial charge on any atom is 0.232 e. The van der Waals surface area contributed by atoms with Crippen molar-refractivity contribution in [2.75, 3.05) is 13.6 Å². The quantitative estimate of drug-likeness (QED) is 0.862. The molecule has 1 fully saturated rings. The number of carbonyl (C=O) groups is 1. The van der Waals surface area contributed by atoms with E-state index in [9.17, 15) is 4.79 Å². The van der Waals surface area contributed by atoms with Crippen LogP contribution in [0.4, 0.5) is 0 Å². The first-order chi connectivity index (χ1) is 8.56. The van der Waals surface area contributed by atoms with Crippen molar-refractivity contribution >= 4 is 5.91 Å². The van der Waals surface area contributed by atoms with Crippen LogP contribution in [-0.4, -0.2) is 30.4 Å². The first kappa shape index (κ1) is 13.1. The molecule has 1 atom stereocenters. The molecule has 0 heterocycles. The van der Waals surface area contributed by atoms with Gasteiger partial charge >= 0.3 is 0 Å². The fourth-order valence-electron chi connectivity index (χ4n) is 2.37. The Bertz CT molecular complexity index is 410. The van der Waals surface area contributed by atoms with E-state index >= 15 is 0 Å². The molecule has 3 heteroatoms. The summed E-state index contributed by atoms with van der Waals surface area (Å²) in [5, 5.41) is 0. The third-order valence-electron chi connectivity index (χ3n) is 3.75. The summed E-state index contributed by atoms with van der Waals surface area (Å²) in [5.41, 5.74) is 6.65. The molecule has 1 amide bonds. The Morgan fingerprint density at radius 3 is 2.50 bits per heavy atom. The summed E-state index contributed by atoms with van der Waals surface area (Å²) < 4.78 is 0. The van der Waals surface area contributed by atoms with Gasteiger partial charge in [-0.05, 0) is 31.7 Å². The maximum absolute atomic E-state index is 12.5. The van der Waals surface area contributed by atoms with Crippen molar-refractivity contribution in [1.82, 2.24) is 4.90 Å². The van der Waals surface area contributed by atoms with Crippen LogP contribution in [0.5, 0.6) is 0 Å². The van der Waals surface area contributed by atoms with E-state index in [-0.39, 0.29) is 17.4 Å². The largest absolute Gasteiger partial charge is 0.345 e. The molecule has 0 saturated heterocycles. The van der Waals surface area contributed by atoms with Gasteiger partial charge in [0.05, 0.1) is 5.41 Å². The Balaban J connectivity index is 2.05. The van der Waals surface area contributed by atoms with Crippen LogP contribution in [0.25, 0.3) is 0 Å². The van der Waals surface area contributed by atoms with E-state index in [0.717, 1.165) is 31.4 Å². The van der Waals surface area contributed by atoms with E-state index in [1.165, 1.54) is 0 Å². The van der Waals surface area contributed by atoms with Crippen molar-refractivity contribution in [3.63, 3.8) is 0 Å². The molecule has 0 radical (unpaired) electrons. The van der Waals surface area contributed by atoms with Crippen LogP contribution in [-0.2, 0) is 10.2 Å². The average Bonchev–Trinajstić information content (AvgIpc) is 3.17. The molecule has 1 saturated carbocycles. The van der Waals surface area contributed by atoms with Gasteiger partial charge in [0.15, 0.2) is 0 Å². The van der Waals surface area contributed by atoms with Crippen molar-refractivity contribution in [3.8, 4) is 0 Å². The number of carbonyl (C=O) groups excluding carboxylic acids is 1. The van der Waals surface area contributed by atoms with Crippen LogP contribution in [0.2, 0.25) is 0 Å². The standard InChI is InChI=1S/C15H22N2O/c1-12(16)8-11-17(2)14(18)15(9-10-15)13-6-4-3-5-7-13/h3-7,12H,8-11,16H2,1-2H3. The first-order valence-corrected chi connectivity index (χ1v) is 6.63. The Labute approximate surface area is 109 Å². The molecule has 1 aliphatic rings. The lowest BCUT2D eigenvalue weighted by Crippen LogP contribution is -2.38. The molecule has 1 unspecified atom stereocenters. The molecule has 98 valence electrons.